The van der Waals surface area contributed by atoms with Crippen LogP contribution in [0.4, 0.5) is 4.79 Å². The number of carbonyl (C=O) groups is 3. The SMILES string of the molecule is CC(C)/C=C/C(=O)N1CCN(C(=O)CCNC(=O)OC(C)(C)C)CC1. The molecule has 1 aliphatic heterocycles. The van der Waals surface area contributed by atoms with Gasteiger partial charge in [-0.15, -0.1) is 0 Å². The number of piperazine rings is 1. The van der Waals surface area contributed by atoms with Crippen LogP contribution in [0.2, 0.25) is 0 Å². The van der Waals surface area contributed by atoms with Crippen molar-refractivity contribution in [1.29, 1.82) is 0 Å². The van der Waals surface area contributed by atoms with Crippen molar-refractivity contribution < 1.29 is 19.1 Å². The Morgan fingerprint density at radius 1 is 1.08 bits per heavy atom. The number of hydrogen-bond donors (Lipinski definition) is 1. The van der Waals surface area contributed by atoms with E-state index in [4.69, 9.17) is 4.74 Å². The van der Waals surface area contributed by atoms with Crippen molar-refractivity contribution in [3.8, 4) is 0 Å². The third kappa shape index (κ3) is 8.56. The third-order valence-electron chi connectivity index (χ3n) is 3.57. The van der Waals surface area contributed by atoms with Crippen molar-refractivity contribution in [3.05, 3.63) is 12.2 Å². The lowest BCUT2D eigenvalue weighted by atomic mass is 10.2. The van der Waals surface area contributed by atoms with Gasteiger partial charge in [0.1, 0.15) is 5.60 Å². The molecular weight excluding hydrogens is 322 g/mol. The van der Waals surface area contributed by atoms with E-state index in [2.05, 4.69) is 5.32 Å². The van der Waals surface area contributed by atoms with Crippen LogP contribution < -0.4 is 5.32 Å². The summed E-state index contributed by atoms with van der Waals surface area (Å²) in [4.78, 5) is 39.2. The summed E-state index contributed by atoms with van der Waals surface area (Å²) >= 11 is 0. The van der Waals surface area contributed by atoms with E-state index in [1.165, 1.54) is 0 Å². The Kier molecular flexibility index (Phi) is 7.93. The minimum absolute atomic E-state index is 0.00705. The molecule has 0 bridgehead atoms. The van der Waals surface area contributed by atoms with E-state index in [-0.39, 0.29) is 24.8 Å². The van der Waals surface area contributed by atoms with E-state index in [9.17, 15) is 14.4 Å². The van der Waals surface area contributed by atoms with E-state index in [0.29, 0.717) is 32.1 Å². The summed E-state index contributed by atoms with van der Waals surface area (Å²) in [7, 11) is 0. The fourth-order valence-corrected chi connectivity index (χ4v) is 2.30. The largest absolute Gasteiger partial charge is 0.444 e. The molecule has 1 N–H and O–H groups in total. The number of rotatable bonds is 5. The lowest BCUT2D eigenvalue weighted by molar-refractivity contribution is -0.137. The van der Waals surface area contributed by atoms with Crippen LogP contribution in [0.25, 0.3) is 0 Å². The average molecular weight is 353 g/mol. The van der Waals surface area contributed by atoms with Gasteiger partial charge in [-0.1, -0.05) is 19.9 Å². The smallest absolute Gasteiger partial charge is 0.407 e. The molecule has 0 radical (unpaired) electrons. The molecule has 25 heavy (non-hydrogen) atoms. The van der Waals surface area contributed by atoms with Gasteiger partial charge in [0.2, 0.25) is 11.8 Å². The highest BCUT2D eigenvalue weighted by molar-refractivity contribution is 5.88. The van der Waals surface area contributed by atoms with Crippen LogP contribution in [-0.2, 0) is 14.3 Å². The fraction of sp³-hybridized carbons (Fsp3) is 0.722. The highest BCUT2D eigenvalue weighted by atomic mass is 16.6. The van der Waals surface area contributed by atoms with Gasteiger partial charge in [0.05, 0.1) is 0 Å². The number of nitrogens with zero attached hydrogens (tertiary/aromatic N) is 2. The quantitative estimate of drug-likeness (QED) is 0.764. The van der Waals surface area contributed by atoms with Gasteiger partial charge in [0.15, 0.2) is 0 Å². The molecule has 1 rings (SSSR count). The molecule has 1 aliphatic rings. The minimum Gasteiger partial charge on any atom is -0.444 e. The van der Waals surface area contributed by atoms with Gasteiger partial charge in [-0.2, -0.15) is 0 Å². The van der Waals surface area contributed by atoms with E-state index >= 15 is 0 Å². The average Bonchev–Trinajstić information content (AvgIpc) is 2.50. The van der Waals surface area contributed by atoms with Crippen LogP contribution in [-0.4, -0.2) is 66.0 Å². The van der Waals surface area contributed by atoms with Crippen molar-refractivity contribution >= 4 is 17.9 Å². The molecule has 1 fully saturated rings. The Bertz CT molecular complexity index is 501. The molecule has 142 valence electrons. The first-order chi connectivity index (χ1) is 11.6. The normalized spacial score (nSPS) is 15.6. The Labute approximate surface area is 150 Å². The molecule has 0 aromatic carbocycles. The second-order valence-electron chi connectivity index (χ2n) is 7.49. The molecule has 1 saturated heterocycles. The number of hydrogen-bond acceptors (Lipinski definition) is 4. The summed E-state index contributed by atoms with van der Waals surface area (Å²) in [6.07, 6.45) is 3.18. The summed E-state index contributed by atoms with van der Waals surface area (Å²) < 4.78 is 5.12. The molecule has 3 amide bonds. The van der Waals surface area contributed by atoms with Crippen molar-refractivity contribution in [3.63, 3.8) is 0 Å². The third-order valence-corrected chi connectivity index (χ3v) is 3.57. The van der Waals surface area contributed by atoms with Crippen LogP contribution >= 0.6 is 0 Å². The maximum absolute atomic E-state index is 12.2. The van der Waals surface area contributed by atoms with Gasteiger partial charge < -0.3 is 19.9 Å². The van der Waals surface area contributed by atoms with E-state index in [0.717, 1.165) is 0 Å². The van der Waals surface area contributed by atoms with Crippen molar-refractivity contribution in [2.75, 3.05) is 32.7 Å². The zero-order valence-electron chi connectivity index (χ0n) is 16.0. The Balaban J connectivity index is 2.29. The summed E-state index contributed by atoms with van der Waals surface area (Å²) in [6.45, 7) is 11.7. The molecule has 0 unspecified atom stereocenters. The predicted octanol–water partition coefficient (Wildman–Crippen LogP) is 1.78. The first-order valence-corrected chi connectivity index (χ1v) is 8.80. The molecule has 7 nitrogen and oxygen atoms in total. The number of nitrogens with one attached hydrogen (secondary N) is 1. The first kappa shape index (κ1) is 21.0. The van der Waals surface area contributed by atoms with Gasteiger partial charge in [-0.25, -0.2) is 4.79 Å². The number of alkyl carbamates (subject to hydrolysis) is 1. The zero-order chi connectivity index (χ0) is 19.0. The molecule has 1 heterocycles. The monoisotopic (exact) mass is 353 g/mol. The number of carbonyl (C=O) groups excluding carboxylic acids is 3. The molecular formula is C18H31N3O4. The lowest BCUT2D eigenvalue weighted by Gasteiger charge is -2.34. The lowest BCUT2D eigenvalue weighted by Crippen LogP contribution is -2.50. The van der Waals surface area contributed by atoms with Crippen LogP contribution in [0.15, 0.2) is 12.2 Å². The molecule has 0 aromatic heterocycles. The first-order valence-electron chi connectivity index (χ1n) is 8.80. The molecule has 0 saturated carbocycles. The number of amides is 3. The minimum atomic E-state index is -0.555. The summed E-state index contributed by atoms with van der Waals surface area (Å²) in [5, 5.41) is 2.58. The maximum atomic E-state index is 12.2. The van der Waals surface area contributed by atoms with Crippen LogP contribution in [0, 0.1) is 5.92 Å². The summed E-state index contributed by atoms with van der Waals surface area (Å²) in [5.41, 5.74) is -0.555. The van der Waals surface area contributed by atoms with Crippen LogP contribution in [0.1, 0.15) is 41.0 Å². The van der Waals surface area contributed by atoms with Gasteiger partial charge in [-0.3, -0.25) is 9.59 Å². The Morgan fingerprint density at radius 3 is 2.16 bits per heavy atom. The van der Waals surface area contributed by atoms with Gasteiger partial charge in [0, 0.05) is 39.1 Å². The Morgan fingerprint density at radius 2 is 1.64 bits per heavy atom. The zero-order valence-corrected chi connectivity index (χ0v) is 16.0. The molecule has 7 heteroatoms. The second-order valence-corrected chi connectivity index (χ2v) is 7.49. The topological polar surface area (TPSA) is 79.0 Å². The van der Waals surface area contributed by atoms with Gasteiger partial charge in [0.25, 0.3) is 0 Å². The maximum Gasteiger partial charge on any atom is 0.407 e. The predicted molar refractivity (Wildman–Crippen MR) is 96.0 cm³/mol. The fourth-order valence-electron chi connectivity index (χ4n) is 2.30. The molecule has 0 aliphatic carbocycles. The summed E-state index contributed by atoms with van der Waals surface area (Å²) in [6, 6.07) is 0. The van der Waals surface area contributed by atoms with Gasteiger partial charge in [-0.05, 0) is 32.8 Å². The second kappa shape index (κ2) is 9.44. The highest BCUT2D eigenvalue weighted by Crippen LogP contribution is 2.07. The summed E-state index contributed by atoms with van der Waals surface area (Å²) in [5.74, 6) is 0.303. The number of ether oxygens (including phenoxy) is 1. The van der Waals surface area contributed by atoms with Crippen molar-refractivity contribution in [2.45, 2.75) is 46.6 Å². The van der Waals surface area contributed by atoms with E-state index in [1.807, 2.05) is 19.9 Å². The van der Waals surface area contributed by atoms with E-state index < -0.39 is 11.7 Å². The molecule has 0 spiro atoms. The van der Waals surface area contributed by atoms with Crippen molar-refractivity contribution in [2.24, 2.45) is 5.92 Å². The Hall–Kier alpha value is -2.05. The van der Waals surface area contributed by atoms with Crippen LogP contribution in [0.5, 0.6) is 0 Å². The van der Waals surface area contributed by atoms with Crippen LogP contribution in [0.3, 0.4) is 0 Å². The highest BCUT2D eigenvalue weighted by Gasteiger charge is 2.23. The molecule has 0 aromatic rings. The number of allylic oxidation sites excluding steroid dienone is 1. The van der Waals surface area contributed by atoms with Crippen molar-refractivity contribution in [1.82, 2.24) is 15.1 Å². The molecule has 0 atom stereocenters. The van der Waals surface area contributed by atoms with Gasteiger partial charge >= 0.3 is 6.09 Å². The van der Waals surface area contributed by atoms with E-state index in [1.54, 1.807) is 36.6 Å². The standard InChI is InChI=1S/C18H31N3O4/c1-14(2)6-7-15(22)20-10-12-21(13-11-20)16(23)8-9-19-17(24)25-18(3,4)5/h6-7,14H,8-13H2,1-5H3,(H,19,24)/b7-6+.